The second-order valence-corrected chi connectivity index (χ2v) is 4.94. The van der Waals surface area contributed by atoms with Gasteiger partial charge in [-0.05, 0) is 23.8 Å². The highest BCUT2D eigenvalue weighted by molar-refractivity contribution is 5.96. The van der Waals surface area contributed by atoms with Crippen LogP contribution in [-0.4, -0.2) is 29.7 Å². The van der Waals surface area contributed by atoms with Crippen molar-refractivity contribution < 1.29 is 14.3 Å². The molecule has 2 aromatic carbocycles. The lowest BCUT2D eigenvalue weighted by Gasteiger charge is -2.10. The molecule has 5 heteroatoms. The third-order valence-electron chi connectivity index (χ3n) is 3.67. The van der Waals surface area contributed by atoms with Gasteiger partial charge in [0.2, 0.25) is 0 Å². The summed E-state index contributed by atoms with van der Waals surface area (Å²) in [5.41, 5.74) is 4.30. The minimum absolute atomic E-state index is 0.405. The number of hydrogen-bond donors (Lipinski definition) is 0. The van der Waals surface area contributed by atoms with Crippen LogP contribution in [0.1, 0.15) is 10.4 Å². The van der Waals surface area contributed by atoms with Gasteiger partial charge in [0.25, 0.3) is 0 Å². The molecule has 0 amide bonds. The molecule has 0 aliphatic rings. The number of methoxy groups -OCH3 is 2. The summed E-state index contributed by atoms with van der Waals surface area (Å²) in [5.74, 6) is 0.0664. The Morgan fingerprint density at radius 2 is 2.00 bits per heavy atom. The maximum atomic E-state index is 11.7. The predicted octanol–water partition coefficient (Wildman–Crippen LogP) is 3.04. The zero-order chi connectivity index (χ0) is 15.7. The Morgan fingerprint density at radius 3 is 2.73 bits per heavy atom. The molecular weight excluding hydrogens is 280 g/mol. The second kappa shape index (κ2) is 5.52. The van der Waals surface area contributed by atoms with Gasteiger partial charge in [0.1, 0.15) is 11.3 Å². The quantitative estimate of drug-likeness (QED) is 0.697. The molecule has 0 saturated carbocycles. The fourth-order valence-electron chi connectivity index (χ4n) is 2.53. The van der Waals surface area contributed by atoms with E-state index in [1.54, 1.807) is 12.4 Å². The molecule has 0 radical (unpaired) electrons. The molecule has 112 valence electrons. The summed E-state index contributed by atoms with van der Waals surface area (Å²) in [6.07, 6.45) is 1.79. The van der Waals surface area contributed by atoms with Crippen molar-refractivity contribution >= 4 is 17.0 Å². The molecule has 0 atom stereocenters. The van der Waals surface area contributed by atoms with Gasteiger partial charge in [-0.3, -0.25) is 0 Å². The van der Waals surface area contributed by atoms with E-state index in [9.17, 15) is 4.79 Å². The smallest absolute Gasteiger partial charge is 0.341 e. The average molecular weight is 296 g/mol. The van der Waals surface area contributed by atoms with Gasteiger partial charge in [-0.15, -0.1) is 0 Å². The Hall–Kier alpha value is -2.82. The van der Waals surface area contributed by atoms with Crippen molar-refractivity contribution in [1.29, 1.82) is 0 Å². The van der Waals surface area contributed by atoms with Gasteiger partial charge in [0.05, 0.1) is 31.6 Å². The lowest BCUT2D eigenvalue weighted by Crippen LogP contribution is -2.04. The number of aromatic nitrogens is 2. The summed E-state index contributed by atoms with van der Waals surface area (Å²) >= 11 is 0. The third kappa shape index (κ3) is 2.20. The van der Waals surface area contributed by atoms with Crippen molar-refractivity contribution in [2.45, 2.75) is 0 Å². The Labute approximate surface area is 128 Å². The maximum absolute atomic E-state index is 11.7. The molecule has 0 fully saturated rings. The molecule has 0 aliphatic carbocycles. The first kappa shape index (κ1) is 14.1. The van der Waals surface area contributed by atoms with Crippen LogP contribution in [0.15, 0.2) is 42.7 Å². The van der Waals surface area contributed by atoms with Crippen LogP contribution in [-0.2, 0) is 11.8 Å². The number of fused-ring (bicyclic) bond motifs is 1. The first-order chi connectivity index (χ1) is 10.7. The number of benzene rings is 2. The highest BCUT2D eigenvalue weighted by Crippen LogP contribution is 2.31. The van der Waals surface area contributed by atoms with Crippen LogP contribution in [0.25, 0.3) is 22.2 Å². The molecule has 0 spiro atoms. The number of hydrogen-bond acceptors (Lipinski definition) is 4. The first-order valence-corrected chi connectivity index (χ1v) is 6.82. The highest BCUT2D eigenvalue weighted by atomic mass is 16.5. The number of carbonyl (C=O) groups excluding carboxylic acids is 1. The maximum Gasteiger partial charge on any atom is 0.341 e. The Morgan fingerprint density at radius 1 is 1.18 bits per heavy atom. The van der Waals surface area contributed by atoms with Crippen LogP contribution in [0, 0.1) is 0 Å². The molecular formula is C17H16N2O3. The summed E-state index contributed by atoms with van der Waals surface area (Å²) in [5, 5.41) is 0. The van der Waals surface area contributed by atoms with Crippen molar-refractivity contribution in [1.82, 2.24) is 9.55 Å². The van der Waals surface area contributed by atoms with Crippen molar-refractivity contribution in [2.24, 2.45) is 7.05 Å². The van der Waals surface area contributed by atoms with E-state index in [1.165, 1.54) is 14.2 Å². The number of aryl methyl sites for hydroxylation is 1. The standard InChI is InChI=1S/C17H16N2O3/c1-19-10-18-16-12(5-4-6-14(16)19)11-7-8-13(17(20)22-3)15(9-11)21-2/h4-10H,1-3H3. The molecule has 0 bridgehead atoms. The van der Waals surface area contributed by atoms with Gasteiger partial charge >= 0.3 is 5.97 Å². The number of ether oxygens (including phenoxy) is 2. The van der Waals surface area contributed by atoms with E-state index in [0.717, 1.165) is 22.2 Å². The van der Waals surface area contributed by atoms with E-state index in [2.05, 4.69) is 4.98 Å². The van der Waals surface area contributed by atoms with Gasteiger partial charge in [-0.25, -0.2) is 9.78 Å². The van der Waals surface area contributed by atoms with E-state index in [0.29, 0.717) is 11.3 Å². The predicted molar refractivity (Wildman–Crippen MR) is 84.0 cm³/mol. The summed E-state index contributed by atoms with van der Waals surface area (Å²) in [7, 11) is 4.84. The number of imidazole rings is 1. The molecule has 0 aliphatic heterocycles. The van der Waals surface area contributed by atoms with Crippen LogP contribution < -0.4 is 4.74 Å². The van der Waals surface area contributed by atoms with Crippen LogP contribution in [0.2, 0.25) is 0 Å². The molecule has 1 aromatic heterocycles. The summed E-state index contributed by atoms with van der Waals surface area (Å²) in [6.45, 7) is 0. The van der Waals surface area contributed by atoms with Crippen LogP contribution >= 0.6 is 0 Å². The van der Waals surface area contributed by atoms with E-state index in [1.807, 2.05) is 41.9 Å². The van der Waals surface area contributed by atoms with Crippen molar-refractivity contribution in [3.05, 3.63) is 48.3 Å². The SMILES string of the molecule is COC(=O)c1ccc(-c2cccc3c2ncn3C)cc1OC. The fourth-order valence-corrected chi connectivity index (χ4v) is 2.53. The molecule has 0 unspecified atom stereocenters. The second-order valence-electron chi connectivity index (χ2n) is 4.94. The topological polar surface area (TPSA) is 53.3 Å². The zero-order valence-electron chi connectivity index (χ0n) is 12.7. The minimum atomic E-state index is -0.417. The van der Waals surface area contributed by atoms with Gasteiger partial charge in [-0.2, -0.15) is 0 Å². The van der Waals surface area contributed by atoms with E-state index in [4.69, 9.17) is 9.47 Å². The van der Waals surface area contributed by atoms with Gasteiger partial charge < -0.3 is 14.0 Å². The number of nitrogens with zero attached hydrogens (tertiary/aromatic N) is 2. The molecule has 22 heavy (non-hydrogen) atoms. The molecule has 0 saturated heterocycles. The monoisotopic (exact) mass is 296 g/mol. The van der Waals surface area contributed by atoms with Crippen LogP contribution in [0.4, 0.5) is 0 Å². The molecule has 3 rings (SSSR count). The number of para-hydroxylation sites is 1. The molecule has 1 heterocycles. The first-order valence-electron chi connectivity index (χ1n) is 6.82. The minimum Gasteiger partial charge on any atom is -0.496 e. The van der Waals surface area contributed by atoms with Crippen LogP contribution in [0.5, 0.6) is 5.75 Å². The number of rotatable bonds is 3. The van der Waals surface area contributed by atoms with Crippen molar-refractivity contribution in [2.75, 3.05) is 14.2 Å². The molecule has 0 N–H and O–H groups in total. The van der Waals surface area contributed by atoms with Gasteiger partial charge in [-0.1, -0.05) is 18.2 Å². The highest BCUT2D eigenvalue weighted by Gasteiger charge is 2.15. The molecule has 5 nitrogen and oxygen atoms in total. The van der Waals surface area contributed by atoms with E-state index >= 15 is 0 Å². The summed E-state index contributed by atoms with van der Waals surface area (Å²) < 4.78 is 12.1. The Kier molecular flexibility index (Phi) is 3.55. The Balaban J connectivity index is 2.17. The van der Waals surface area contributed by atoms with Crippen LogP contribution in [0.3, 0.4) is 0 Å². The largest absolute Gasteiger partial charge is 0.496 e. The molecule has 3 aromatic rings. The summed E-state index contributed by atoms with van der Waals surface area (Å²) in [4.78, 5) is 16.2. The van der Waals surface area contributed by atoms with Gasteiger partial charge in [0.15, 0.2) is 0 Å². The van der Waals surface area contributed by atoms with Gasteiger partial charge in [0, 0.05) is 12.6 Å². The lowest BCUT2D eigenvalue weighted by atomic mass is 10.0. The summed E-state index contributed by atoms with van der Waals surface area (Å²) in [6, 6.07) is 11.4. The average Bonchev–Trinajstić information content (AvgIpc) is 2.95. The van der Waals surface area contributed by atoms with E-state index in [-0.39, 0.29) is 0 Å². The van der Waals surface area contributed by atoms with Crippen molar-refractivity contribution in [3.63, 3.8) is 0 Å². The van der Waals surface area contributed by atoms with Crippen molar-refractivity contribution in [3.8, 4) is 16.9 Å². The Bertz CT molecular complexity index is 852. The number of esters is 1. The number of carbonyl (C=O) groups is 1. The third-order valence-corrected chi connectivity index (χ3v) is 3.67. The zero-order valence-corrected chi connectivity index (χ0v) is 12.7. The normalized spacial score (nSPS) is 10.7. The fraction of sp³-hybridized carbons (Fsp3) is 0.176. The van der Waals surface area contributed by atoms with E-state index < -0.39 is 5.97 Å². The lowest BCUT2D eigenvalue weighted by molar-refractivity contribution is 0.0597.